The third kappa shape index (κ3) is 6.68. The van der Waals surface area contributed by atoms with Crippen LogP contribution >= 0.6 is 0 Å². The van der Waals surface area contributed by atoms with E-state index in [1.807, 2.05) is 0 Å². The van der Waals surface area contributed by atoms with Crippen molar-refractivity contribution in [3.8, 4) is 0 Å². The van der Waals surface area contributed by atoms with E-state index in [9.17, 15) is 9.59 Å². The van der Waals surface area contributed by atoms with E-state index in [4.69, 9.17) is 5.11 Å². The standard InChI is InChI=1S/C5H6O4/c1-4(6)9-3-2-5(7)8/h2-3H,1H3,(H,7,8). The first-order valence-electron chi connectivity index (χ1n) is 2.19. The van der Waals surface area contributed by atoms with Gasteiger partial charge in [-0.25, -0.2) is 4.79 Å². The highest BCUT2D eigenvalue weighted by Crippen LogP contribution is 1.77. The Labute approximate surface area is 51.7 Å². The molecule has 4 heteroatoms. The highest BCUT2D eigenvalue weighted by Gasteiger charge is 1.87. The van der Waals surface area contributed by atoms with Crippen LogP contribution in [-0.4, -0.2) is 17.0 Å². The zero-order valence-corrected chi connectivity index (χ0v) is 4.83. The summed E-state index contributed by atoms with van der Waals surface area (Å²) in [7, 11) is 0. The fraction of sp³-hybridized carbons (Fsp3) is 0.200. The maximum Gasteiger partial charge on any atom is 0.331 e. The molecule has 0 spiro atoms. The van der Waals surface area contributed by atoms with Crippen LogP contribution in [0.4, 0.5) is 0 Å². The second-order valence-corrected chi connectivity index (χ2v) is 1.25. The van der Waals surface area contributed by atoms with Gasteiger partial charge < -0.3 is 9.84 Å². The number of carboxylic acids is 1. The molecule has 0 heterocycles. The third-order valence-electron chi connectivity index (χ3n) is 0.445. The molecule has 0 amide bonds. The van der Waals surface area contributed by atoms with E-state index in [1.54, 1.807) is 0 Å². The lowest BCUT2D eigenvalue weighted by Gasteiger charge is -1.86. The minimum Gasteiger partial charge on any atom is -0.478 e. The number of hydrogen-bond donors (Lipinski definition) is 1. The van der Waals surface area contributed by atoms with Crippen molar-refractivity contribution in [1.29, 1.82) is 0 Å². The average Bonchev–Trinajstić information content (AvgIpc) is 1.63. The monoisotopic (exact) mass is 130 g/mol. The van der Waals surface area contributed by atoms with Gasteiger partial charge in [0.1, 0.15) is 6.26 Å². The highest BCUT2D eigenvalue weighted by molar-refractivity contribution is 5.79. The molecule has 50 valence electrons. The number of carbonyl (C=O) groups is 2. The van der Waals surface area contributed by atoms with Crippen LogP contribution in [0, 0.1) is 0 Å². The van der Waals surface area contributed by atoms with Gasteiger partial charge >= 0.3 is 11.9 Å². The maximum atomic E-state index is 9.96. The van der Waals surface area contributed by atoms with E-state index in [0.717, 1.165) is 12.3 Å². The zero-order chi connectivity index (χ0) is 7.28. The topological polar surface area (TPSA) is 63.6 Å². The van der Waals surface area contributed by atoms with Crippen molar-refractivity contribution in [1.82, 2.24) is 0 Å². The number of carbonyl (C=O) groups excluding carboxylic acids is 1. The zero-order valence-electron chi connectivity index (χ0n) is 4.83. The van der Waals surface area contributed by atoms with Crippen LogP contribution in [0.25, 0.3) is 0 Å². The van der Waals surface area contributed by atoms with E-state index in [-0.39, 0.29) is 0 Å². The normalized spacial score (nSPS) is 9.44. The summed E-state index contributed by atoms with van der Waals surface area (Å²) in [6, 6.07) is 0. The fourth-order valence-corrected chi connectivity index (χ4v) is 0.188. The Kier molecular flexibility index (Phi) is 3.12. The Morgan fingerprint density at radius 3 is 2.44 bits per heavy atom. The van der Waals surface area contributed by atoms with Gasteiger partial charge in [0, 0.05) is 6.92 Å². The van der Waals surface area contributed by atoms with Crippen molar-refractivity contribution < 1.29 is 19.4 Å². The second kappa shape index (κ2) is 3.65. The summed E-state index contributed by atoms with van der Waals surface area (Å²) in [5, 5.41) is 7.95. The molecule has 0 aliphatic heterocycles. The van der Waals surface area contributed by atoms with E-state index < -0.39 is 11.9 Å². The fourth-order valence-electron chi connectivity index (χ4n) is 0.188. The van der Waals surface area contributed by atoms with Gasteiger partial charge in [0.2, 0.25) is 0 Å². The van der Waals surface area contributed by atoms with Crippen molar-refractivity contribution in [2.24, 2.45) is 0 Å². The van der Waals surface area contributed by atoms with Gasteiger partial charge in [-0.1, -0.05) is 0 Å². The summed E-state index contributed by atoms with van der Waals surface area (Å²) in [5.74, 6) is -1.68. The molecule has 0 aromatic heterocycles. The van der Waals surface area contributed by atoms with Crippen LogP contribution in [-0.2, 0) is 14.3 Å². The predicted octanol–water partition coefficient (Wildman–Crippen LogP) is 0.148. The van der Waals surface area contributed by atoms with Gasteiger partial charge in [-0.05, 0) is 0 Å². The van der Waals surface area contributed by atoms with Gasteiger partial charge in [-0.15, -0.1) is 0 Å². The number of ether oxygens (including phenoxy) is 1. The summed E-state index contributed by atoms with van der Waals surface area (Å²) in [6.45, 7) is 1.19. The molecular formula is C5H6O4. The smallest absolute Gasteiger partial charge is 0.331 e. The summed E-state index contributed by atoms with van der Waals surface area (Å²) < 4.78 is 4.15. The molecule has 4 nitrogen and oxygen atoms in total. The Morgan fingerprint density at radius 1 is 1.56 bits per heavy atom. The average molecular weight is 130 g/mol. The van der Waals surface area contributed by atoms with Crippen LogP contribution in [0.2, 0.25) is 0 Å². The van der Waals surface area contributed by atoms with E-state index in [0.29, 0.717) is 0 Å². The first-order chi connectivity index (χ1) is 4.13. The second-order valence-electron chi connectivity index (χ2n) is 1.25. The molecule has 0 bridgehead atoms. The number of hydrogen-bond acceptors (Lipinski definition) is 3. The van der Waals surface area contributed by atoms with Crippen molar-refractivity contribution in [3.63, 3.8) is 0 Å². The van der Waals surface area contributed by atoms with Crippen molar-refractivity contribution in [2.45, 2.75) is 6.92 Å². The summed E-state index contributed by atoms with van der Waals surface area (Å²) in [6.07, 6.45) is 1.56. The molecule has 0 fully saturated rings. The molecular weight excluding hydrogens is 124 g/mol. The van der Waals surface area contributed by atoms with Crippen LogP contribution in [0.1, 0.15) is 6.92 Å². The van der Waals surface area contributed by atoms with Gasteiger partial charge in [-0.3, -0.25) is 4.79 Å². The van der Waals surface area contributed by atoms with Crippen molar-refractivity contribution in [2.75, 3.05) is 0 Å². The molecule has 9 heavy (non-hydrogen) atoms. The molecule has 1 N–H and O–H groups in total. The first-order valence-corrected chi connectivity index (χ1v) is 2.19. The number of carboxylic acid groups (broad SMARTS) is 1. The number of esters is 1. The van der Waals surface area contributed by atoms with Crippen molar-refractivity contribution >= 4 is 11.9 Å². The summed E-state index contributed by atoms with van der Waals surface area (Å²) in [5.41, 5.74) is 0. The highest BCUT2D eigenvalue weighted by atomic mass is 16.5. The molecule has 0 aliphatic carbocycles. The summed E-state index contributed by atoms with van der Waals surface area (Å²) >= 11 is 0. The molecule has 0 aromatic rings. The van der Waals surface area contributed by atoms with Crippen LogP contribution < -0.4 is 0 Å². The first kappa shape index (κ1) is 7.68. The number of rotatable bonds is 2. The third-order valence-corrected chi connectivity index (χ3v) is 0.445. The molecule has 0 saturated carbocycles. The molecule has 0 radical (unpaired) electrons. The molecule has 0 aromatic carbocycles. The van der Waals surface area contributed by atoms with E-state index in [1.165, 1.54) is 6.92 Å². The minimum atomic E-state index is -1.14. The van der Waals surface area contributed by atoms with Crippen molar-refractivity contribution in [3.05, 3.63) is 12.3 Å². The number of aliphatic carboxylic acids is 1. The van der Waals surface area contributed by atoms with Crippen LogP contribution in [0.3, 0.4) is 0 Å². The quantitative estimate of drug-likeness (QED) is 0.328. The van der Waals surface area contributed by atoms with Gasteiger partial charge in [0.05, 0.1) is 6.08 Å². The molecule has 0 rings (SSSR count). The maximum absolute atomic E-state index is 9.96. The Hall–Kier alpha value is -1.32. The Balaban J connectivity index is 3.48. The lowest BCUT2D eigenvalue weighted by molar-refractivity contribution is -0.135. The lowest BCUT2D eigenvalue weighted by atomic mass is 10.6. The molecule has 0 saturated heterocycles. The van der Waals surface area contributed by atoms with E-state index >= 15 is 0 Å². The predicted molar refractivity (Wildman–Crippen MR) is 28.5 cm³/mol. The molecule has 0 unspecified atom stereocenters. The largest absolute Gasteiger partial charge is 0.478 e. The lowest BCUT2D eigenvalue weighted by Crippen LogP contribution is -1.92. The van der Waals surface area contributed by atoms with Crippen LogP contribution in [0.5, 0.6) is 0 Å². The van der Waals surface area contributed by atoms with Gasteiger partial charge in [-0.2, -0.15) is 0 Å². The molecule has 0 aliphatic rings. The van der Waals surface area contributed by atoms with Gasteiger partial charge in [0.25, 0.3) is 0 Å². The van der Waals surface area contributed by atoms with Crippen LogP contribution in [0.15, 0.2) is 12.3 Å². The summed E-state index contributed by atoms with van der Waals surface area (Å²) in [4.78, 5) is 19.7. The van der Waals surface area contributed by atoms with E-state index in [2.05, 4.69) is 4.74 Å². The SMILES string of the molecule is CC(=O)OC=CC(=O)O. The Bertz CT molecular complexity index is 147. The molecule has 0 atom stereocenters. The van der Waals surface area contributed by atoms with Gasteiger partial charge in [0.15, 0.2) is 0 Å². The minimum absolute atomic E-state index is 0.535. The Morgan fingerprint density at radius 2 is 2.11 bits per heavy atom.